The number of carbonyl (C=O) groups excluding carboxylic acids is 1. The van der Waals surface area contributed by atoms with Gasteiger partial charge in [-0.1, -0.05) is 51.1 Å². The minimum atomic E-state index is -0.689. The van der Waals surface area contributed by atoms with Crippen molar-refractivity contribution in [2.45, 2.75) is 80.7 Å². The number of piperidine rings is 1. The number of fused-ring (bicyclic) bond motifs is 2. The van der Waals surface area contributed by atoms with Gasteiger partial charge in [0.2, 0.25) is 0 Å². The van der Waals surface area contributed by atoms with Crippen molar-refractivity contribution in [1.29, 1.82) is 0 Å². The second kappa shape index (κ2) is 10.5. The third-order valence-corrected chi connectivity index (χ3v) is 8.55. The minimum absolute atomic E-state index is 0.0520. The van der Waals surface area contributed by atoms with Crippen molar-refractivity contribution in [3.05, 3.63) is 95.1 Å². The molecule has 1 amide bonds. The van der Waals surface area contributed by atoms with Crippen molar-refractivity contribution in [2.75, 3.05) is 0 Å². The van der Waals surface area contributed by atoms with Gasteiger partial charge in [0, 0.05) is 47.2 Å². The van der Waals surface area contributed by atoms with Crippen LogP contribution in [-0.2, 0) is 11.2 Å². The molecule has 3 aromatic carbocycles. The number of thioether (sulfide) groups is 1. The van der Waals surface area contributed by atoms with Gasteiger partial charge >= 0.3 is 0 Å². The van der Waals surface area contributed by atoms with Crippen LogP contribution in [0.2, 0.25) is 0 Å². The van der Waals surface area contributed by atoms with Gasteiger partial charge in [-0.3, -0.25) is 4.79 Å². The summed E-state index contributed by atoms with van der Waals surface area (Å²) in [6, 6.07) is 20.0. The lowest BCUT2D eigenvalue weighted by atomic mass is 9.87. The van der Waals surface area contributed by atoms with E-state index in [9.17, 15) is 13.6 Å². The summed E-state index contributed by atoms with van der Waals surface area (Å²) in [4.78, 5) is 16.7. The van der Waals surface area contributed by atoms with Crippen LogP contribution in [0.4, 0.5) is 8.78 Å². The van der Waals surface area contributed by atoms with Crippen molar-refractivity contribution in [2.24, 2.45) is 0 Å². The highest BCUT2D eigenvalue weighted by molar-refractivity contribution is 7.98. The number of carbonyl (C=O) groups is 1. The summed E-state index contributed by atoms with van der Waals surface area (Å²) < 4.78 is 33.2. The average molecular weight is 522 g/mol. The normalized spacial score (nSPS) is 21.2. The van der Waals surface area contributed by atoms with Gasteiger partial charge in [-0.2, -0.15) is 0 Å². The topological polar surface area (TPSA) is 29.5 Å². The number of nitrogens with zero attached hydrogens (tertiary/aromatic N) is 1. The van der Waals surface area contributed by atoms with Crippen molar-refractivity contribution in [3.63, 3.8) is 0 Å². The van der Waals surface area contributed by atoms with Gasteiger partial charge in [0.05, 0.1) is 0 Å². The molecular formula is C31H33F2NO2S. The predicted octanol–water partition coefficient (Wildman–Crippen LogP) is 7.77. The maximum atomic E-state index is 14.1. The molecule has 6 heteroatoms. The Morgan fingerprint density at radius 2 is 1.65 bits per heavy atom. The van der Waals surface area contributed by atoms with Crippen molar-refractivity contribution >= 4 is 17.7 Å². The van der Waals surface area contributed by atoms with Crippen LogP contribution in [0.15, 0.2) is 71.6 Å². The molecule has 2 aliphatic rings. The molecule has 2 saturated heterocycles. The first-order chi connectivity index (χ1) is 17.7. The summed E-state index contributed by atoms with van der Waals surface area (Å²) in [5.74, 6) is -0.341. The Hall–Kier alpha value is -2.86. The number of rotatable bonds is 6. The molecule has 2 bridgehead atoms. The molecule has 3 nitrogen and oxygen atoms in total. The van der Waals surface area contributed by atoms with Crippen LogP contribution in [0, 0.1) is 11.6 Å². The summed E-state index contributed by atoms with van der Waals surface area (Å²) in [6.45, 7) is 6.70. The van der Waals surface area contributed by atoms with Crippen LogP contribution in [0.3, 0.4) is 0 Å². The zero-order valence-corrected chi connectivity index (χ0v) is 22.4. The highest BCUT2D eigenvalue weighted by Gasteiger charge is 2.44. The minimum Gasteiger partial charge on any atom is -0.487 e. The number of ether oxygens (including phenoxy) is 1. The zero-order chi connectivity index (χ0) is 26.2. The van der Waals surface area contributed by atoms with Gasteiger partial charge < -0.3 is 9.64 Å². The molecule has 2 atom stereocenters. The fourth-order valence-electron chi connectivity index (χ4n) is 5.57. The van der Waals surface area contributed by atoms with Crippen molar-refractivity contribution < 1.29 is 18.3 Å². The Labute approximate surface area is 222 Å². The largest absolute Gasteiger partial charge is 0.487 e. The van der Waals surface area contributed by atoms with Crippen LogP contribution in [0.1, 0.15) is 67.9 Å². The summed E-state index contributed by atoms with van der Waals surface area (Å²) in [6.07, 6.45) is 2.97. The second-order valence-electron chi connectivity index (χ2n) is 11.1. The van der Waals surface area contributed by atoms with Crippen LogP contribution < -0.4 is 4.74 Å². The van der Waals surface area contributed by atoms with E-state index in [0.717, 1.165) is 24.7 Å². The highest BCUT2D eigenvalue weighted by atomic mass is 32.2. The van der Waals surface area contributed by atoms with E-state index >= 15 is 0 Å². The van der Waals surface area contributed by atoms with E-state index in [0.29, 0.717) is 18.4 Å². The summed E-state index contributed by atoms with van der Waals surface area (Å²) >= 11 is 1.83. The second-order valence-corrected chi connectivity index (χ2v) is 12.1. The molecule has 0 unspecified atom stereocenters. The summed E-state index contributed by atoms with van der Waals surface area (Å²) in [5.41, 5.74) is 3.31. The molecule has 37 heavy (non-hydrogen) atoms. The summed E-state index contributed by atoms with van der Waals surface area (Å²) in [5, 5.41) is 0. The summed E-state index contributed by atoms with van der Waals surface area (Å²) in [7, 11) is 0. The molecule has 0 spiro atoms. The Morgan fingerprint density at radius 1 is 0.973 bits per heavy atom. The first-order valence-electron chi connectivity index (χ1n) is 12.9. The van der Waals surface area contributed by atoms with Gasteiger partial charge in [-0.05, 0) is 59.7 Å². The Balaban J connectivity index is 1.21. The molecule has 194 valence electrons. The van der Waals surface area contributed by atoms with Crippen LogP contribution in [0.5, 0.6) is 5.75 Å². The lowest BCUT2D eigenvalue weighted by Crippen LogP contribution is -2.49. The number of hydrogen-bond acceptors (Lipinski definition) is 3. The van der Waals surface area contributed by atoms with Gasteiger partial charge in [-0.15, -0.1) is 11.8 Å². The van der Waals surface area contributed by atoms with E-state index in [2.05, 4.69) is 57.2 Å². The smallest absolute Gasteiger partial charge is 0.254 e. The molecule has 3 aromatic rings. The average Bonchev–Trinajstić information content (AvgIpc) is 3.14. The molecule has 2 heterocycles. The molecular weight excluding hydrogens is 488 g/mol. The Kier molecular flexibility index (Phi) is 7.30. The molecule has 2 aliphatic heterocycles. The van der Waals surface area contributed by atoms with Crippen molar-refractivity contribution in [1.82, 2.24) is 4.90 Å². The third kappa shape index (κ3) is 5.69. The molecule has 0 aromatic heterocycles. The zero-order valence-electron chi connectivity index (χ0n) is 21.5. The van der Waals surface area contributed by atoms with E-state index in [1.54, 1.807) is 0 Å². The number of halogens is 2. The van der Waals surface area contributed by atoms with E-state index in [-0.39, 0.29) is 35.3 Å². The van der Waals surface area contributed by atoms with Gasteiger partial charge in [0.1, 0.15) is 11.9 Å². The third-order valence-electron chi connectivity index (χ3n) is 7.40. The molecule has 2 fully saturated rings. The maximum absolute atomic E-state index is 14.1. The van der Waals surface area contributed by atoms with E-state index < -0.39 is 11.6 Å². The monoisotopic (exact) mass is 521 g/mol. The van der Waals surface area contributed by atoms with Crippen LogP contribution in [0.25, 0.3) is 0 Å². The SMILES string of the molecule is CC(C)(C)c1ccccc1SCc1ccc(C(=O)N2[C@H]3CC[C@H]2CC(Oc2ccc(F)cc2F)C3)cc1. The van der Waals surface area contributed by atoms with Crippen LogP contribution in [-0.4, -0.2) is 29.0 Å². The standard InChI is InChI=1S/C31H33F2NO2S/c1-31(2,3)26-6-4-5-7-29(26)37-19-20-8-10-21(11-9-20)30(35)34-23-13-14-24(34)18-25(17-23)36-28-15-12-22(32)16-27(28)33/h4-12,15-16,23-25H,13-14,17-19H2,1-3H3/t23-,24-/m0/s1. The molecule has 0 N–H and O–H groups in total. The van der Waals surface area contributed by atoms with Gasteiger partial charge in [0.15, 0.2) is 11.6 Å². The molecule has 0 radical (unpaired) electrons. The van der Waals surface area contributed by atoms with Gasteiger partial charge in [0.25, 0.3) is 5.91 Å². The fourth-order valence-corrected chi connectivity index (χ4v) is 6.79. The Bertz CT molecular complexity index is 1260. The maximum Gasteiger partial charge on any atom is 0.254 e. The molecule has 0 saturated carbocycles. The highest BCUT2D eigenvalue weighted by Crippen LogP contribution is 2.39. The van der Waals surface area contributed by atoms with Crippen LogP contribution >= 0.6 is 11.8 Å². The number of amides is 1. The van der Waals surface area contributed by atoms with Gasteiger partial charge in [-0.25, -0.2) is 8.78 Å². The quantitative estimate of drug-likeness (QED) is 0.310. The van der Waals surface area contributed by atoms with E-state index in [1.165, 1.54) is 28.2 Å². The lowest BCUT2D eigenvalue weighted by Gasteiger charge is -2.39. The van der Waals surface area contributed by atoms with E-state index in [1.807, 2.05) is 28.8 Å². The first kappa shape index (κ1) is 25.8. The lowest BCUT2D eigenvalue weighted by molar-refractivity contribution is 0.0349. The van der Waals surface area contributed by atoms with Crippen molar-refractivity contribution in [3.8, 4) is 5.75 Å². The number of hydrogen-bond donors (Lipinski definition) is 0. The Morgan fingerprint density at radius 3 is 2.30 bits per heavy atom. The first-order valence-corrected chi connectivity index (χ1v) is 13.9. The molecule has 5 rings (SSSR count). The van der Waals surface area contributed by atoms with E-state index in [4.69, 9.17) is 4.74 Å². The predicted molar refractivity (Wildman–Crippen MR) is 144 cm³/mol. The number of benzene rings is 3. The molecule has 0 aliphatic carbocycles. The fraction of sp³-hybridized carbons (Fsp3) is 0.387.